The third kappa shape index (κ3) is 2.96. The molecule has 0 aliphatic rings. The monoisotopic (exact) mass is 274 g/mol. The van der Waals surface area contributed by atoms with Crippen LogP contribution in [0.1, 0.15) is 5.82 Å². The van der Waals surface area contributed by atoms with E-state index in [-0.39, 0.29) is 22.4 Å². The van der Waals surface area contributed by atoms with Gasteiger partial charge in [-0.25, -0.2) is 18.1 Å². The van der Waals surface area contributed by atoms with Crippen molar-refractivity contribution in [2.45, 2.75) is 11.4 Å². The summed E-state index contributed by atoms with van der Waals surface area (Å²) in [5, 5.41) is 13.0. The fraction of sp³-hybridized carbons (Fsp3) is 0.143. The molecule has 2 aromatic rings. The Morgan fingerprint density at radius 2 is 2.24 bits per heavy atom. The Morgan fingerprint density at radius 1 is 1.41 bits per heavy atom. The Labute approximate surface area is 101 Å². The minimum absolute atomic E-state index is 0.0189. The molecule has 8 nitrogen and oxygen atoms in total. The Morgan fingerprint density at radius 3 is 2.82 bits per heavy atom. The van der Waals surface area contributed by atoms with E-state index < -0.39 is 10.0 Å². The van der Waals surface area contributed by atoms with Crippen molar-refractivity contribution in [3.05, 3.63) is 29.3 Å². The first-order chi connectivity index (χ1) is 8.08. The highest BCUT2D eigenvalue weighted by atomic mass is 35.5. The number of nitrogens with one attached hydrogen (secondary N) is 2. The van der Waals surface area contributed by atoms with Crippen LogP contribution in [0, 0.1) is 0 Å². The quantitative estimate of drug-likeness (QED) is 0.742. The van der Waals surface area contributed by atoms with Crippen LogP contribution in [-0.4, -0.2) is 34.0 Å². The van der Waals surface area contributed by atoms with Gasteiger partial charge in [-0.15, -0.1) is 10.2 Å². The number of aromatic amines is 1. The molecule has 0 radical (unpaired) electrons. The Kier molecular flexibility index (Phi) is 3.31. The number of H-pyrrole nitrogens is 1. The standard InChI is InChI=1S/C7H7ClN6O2S/c8-6-2-1-5(3-9-6)17(15,16)10-4-7-11-13-14-12-7/h1-3,10H,4H2,(H,11,12,13,14). The third-order valence-electron chi connectivity index (χ3n) is 1.82. The van der Waals surface area contributed by atoms with Crippen molar-refractivity contribution in [2.75, 3.05) is 0 Å². The van der Waals surface area contributed by atoms with Crippen LogP contribution in [0.4, 0.5) is 0 Å². The summed E-state index contributed by atoms with van der Waals surface area (Å²) in [4.78, 5) is 3.71. The molecule has 0 unspecified atom stereocenters. The van der Waals surface area contributed by atoms with Gasteiger partial charge >= 0.3 is 0 Å². The second-order valence-corrected chi connectivity index (χ2v) is 5.12. The predicted molar refractivity (Wildman–Crippen MR) is 57.5 cm³/mol. The smallest absolute Gasteiger partial charge is 0.242 e. The molecule has 2 heterocycles. The molecular weight excluding hydrogens is 268 g/mol. The van der Waals surface area contributed by atoms with Crippen LogP contribution in [0.2, 0.25) is 5.15 Å². The summed E-state index contributed by atoms with van der Waals surface area (Å²) >= 11 is 5.56. The van der Waals surface area contributed by atoms with Crippen molar-refractivity contribution in [2.24, 2.45) is 0 Å². The first-order valence-electron chi connectivity index (χ1n) is 4.41. The first-order valence-corrected chi connectivity index (χ1v) is 6.27. The van der Waals surface area contributed by atoms with E-state index in [1.54, 1.807) is 0 Å². The van der Waals surface area contributed by atoms with Crippen LogP contribution in [0.5, 0.6) is 0 Å². The summed E-state index contributed by atoms with van der Waals surface area (Å²) in [5.74, 6) is 0.246. The third-order valence-corrected chi connectivity index (χ3v) is 3.43. The Balaban J connectivity index is 2.11. The van der Waals surface area contributed by atoms with Crippen LogP contribution < -0.4 is 4.72 Å². The average molecular weight is 275 g/mol. The van der Waals surface area contributed by atoms with E-state index in [2.05, 4.69) is 30.3 Å². The maximum Gasteiger partial charge on any atom is 0.242 e. The number of aromatic nitrogens is 5. The van der Waals surface area contributed by atoms with E-state index in [9.17, 15) is 8.42 Å². The van der Waals surface area contributed by atoms with Crippen LogP contribution in [0.3, 0.4) is 0 Å². The van der Waals surface area contributed by atoms with Gasteiger partial charge in [0.15, 0.2) is 5.82 Å². The molecule has 0 bridgehead atoms. The molecule has 17 heavy (non-hydrogen) atoms. The van der Waals surface area contributed by atoms with Gasteiger partial charge in [0.05, 0.1) is 6.54 Å². The molecule has 10 heteroatoms. The van der Waals surface area contributed by atoms with Gasteiger partial charge in [-0.1, -0.05) is 16.8 Å². The van der Waals surface area contributed by atoms with Gasteiger partial charge in [0, 0.05) is 6.20 Å². The molecule has 2 aromatic heterocycles. The van der Waals surface area contributed by atoms with Crippen molar-refractivity contribution in [3.8, 4) is 0 Å². The highest BCUT2D eigenvalue weighted by Gasteiger charge is 2.14. The number of halogens is 1. The van der Waals surface area contributed by atoms with Crippen molar-refractivity contribution in [3.63, 3.8) is 0 Å². The summed E-state index contributed by atoms with van der Waals surface area (Å²) in [6, 6.07) is 2.75. The van der Waals surface area contributed by atoms with E-state index >= 15 is 0 Å². The Hall–Kier alpha value is -1.58. The lowest BCUT2D eigenvalue weighted by molar-refractivity contribution is 0.579. The minimum atomic E-state index is -3.65. The molecule has 0 saturated heterocycles. The van der Waals surface area contributed by atoms with Crippen LogP contribution in [-0.2, 0) is 16.6 Å². The maximum absolute atomic E-state index is 11.8. The van der Waals surface area contributed by atoms with Crippen molar-refractivity contribution in [1.82, 2.24) is 30.3 Å². The number of sulfonamides is 1. The van der Waals surface area contributed by atoms with Gasteiger partial charge in [0.25, 0.3) is 0 Å². The van der Waals surface area contributed by atoms with Crippen LogP contribution in [0.15, 0.2) is 23.2 Å². The molecule has 0 spiro atoms. The average Bonchev–Trinajstić information content (AvgIpc) is 2.80. The van der Waals surface area contributed by atoms with Gasteiger partial charge in [-0.05, 0) is 12.1 Å². The fourth-order valence-corrected chi connectivity index (χ4v) is 2.06. The zero-order chi connectivity index (χ0) is 12.3. The summed E-state index contributed by atoms with van der Waals surface area (Å²) in [5.41, 5.74) is 0. The predicted octanol–water partition coefficient (Wildman–Crippen LogP) is -0.273. The largest absolute Gasteiger partial charge is 0.243 e. The number of nitrogens with zero attached hydrogens (tertiary/aromatic N) is 4. The minimum Gasteiger partial charge on any atom is -0.243 e. The van der Waals surface area contributed by atoms with Crippen molar-refractivity contribution >= 4 is 21.6 Å². The van der Waals surface area contributed by atoms with Crippen molar-refractivity contribution < 1.29 is 8.42 Å². The second-order valence-electron chi connectivity index (χ2n) is 2.97. The molecule has 90 valence electrons. The number of pyridine rings is 1. The zero-order valence-corrected chi connectivity index (χ0v) is 9.90. The molecule has 2 rings (SSSR count). The normalized spacial score (nSPS) is 11.6. The summed E-state index contributed by atoms with van der Waals surface area (Å²) < 4.78 is 25.8. The number of rotatable bonds is 4. The lowest BCUT2D eigenvalue weighted by Gasteiger charge is -2.03. The number of hydrogen-bond donors (Lipinski definition) is 2. The summed E-state index contributed by atoms with van der Waals surface area (Å²) in [6.07, 6.45) is 1.17. The van der Waals surface area contributed by atoms with Crippen LogP contribution >= 0.6 is 11.6 Å². The molecule has 0 aromatic carbocycles. The second kappa shape index (κ2) is 4.73. The van der Waals surface area contributed by atoms with E-state index in [1.807, 2.05) is 0 Å². The molecule has 0 amide bonds. The number of tetrazole rings is 1. The van der Waals surface area contributed by atoms with E-state index in [1.165, 1.54) is 18.3 Å². The SMILES string of the molecule is O=S(=O)(NCc1nn[nH]n1)c1ccc(Cl)nc1. The van der Waals surface area contributed by atoms with Gasteiger partial charge < -0.3 is 0 Å². The Bertz CT molecular complexity index is 581. The lowest BCUT2D eigenvalue weighted by Crippen LogP contribution is -2.24. The maximum atomic E-state index is 11.8. The molecule has 0 atom stereocenters. The topological polar surface area (TPSA) is 114 Å². The molecular formula is C7H7ClN6O2S. The van der Waals surface area contributed by atoms with E-state index in [4.69, 9.17) is 11.6 Å². The van der Waals surface area contributed by atoms with Gasteiger partial charge in [-0.2, -0.15) is 5.21 Å². The van der Waals surface area contributed by atoms with Crippen LogP contribution in [0.25, 0.3) is 0 Å². The molecule has 0 aliphatic heterocycles. The first kappa shape index (κ1) is 11.9. The highest BCUT2D eigenvalue weighted by Crippen LogP contribution is 2.10. The van der Waals surface area contributed by atoms with Gasteiger partial charge in [0.2, 0.25) is 10.0 Å². The molecule has 0 aliphatic carbocycles. The van der Waals surface area contributed by atoms with E-state index in [0.29, 0.717) is 0 Å². The lowest BCUT2D eigenvalue weighted by atomic mass is 10.5. The molecule has 0 fully saturated rings. The summed E-state index contributed by atoms with van der Waals surface area (Å²) in [7, 11) is -3.65. The highest BCUT2D eigenvalue weighted by molar-refractivity contribution is 7.89. The molecule has 0 saturated carbocycles. The van der Waals surface area contributed by atoms with Gasteiger partial charge in [-0.3, -0.25) is 0 Å². The molecule has 2 N–H and O–H groups in total. The van der Waals surface area contributed by atoms with Gasteiger partial charge in [0.1, 0.15) is 10.0 Å². The summed E-state index contributed by atoms with van der Waals surface area (Å²) in [6.45, 7) is -0.0541. The number of hydrogen-bond acceptors (Lipinski definition) is 6. The van der Waals surface area contributed by atoms with E-state index in [0.717, 1.165) is 0 Å². The zero-order valence-electron chi connectivity index (χ0n) is 8.33. The fourth-order valence-electron chi connectivity index (χ4n) is 1.02. The van der Waals surface area contributed by atoms with Crippen molar-refractivity contribution in [1.29, 1.82) is 0 Å².